The molecule has 0 fully saturated rings. The van der Waals surface area contributed by atoms with Gasteiger partial charge in [0.2, 0.25) is 0 Å². The van der Waals surface area contributed by atoms with Crippen LogP contribution in [0.4, 0.5) is 0 Å². The van der Waals surface area contributed by atoms with Crippen LogP contribution in [-0.4, -0.2) is 17.2 Å². The van der Waals surface area contributed by atoms with Crippen molar-refractivity contribution in [1.29, 1.82) is 0 Å². The number of aromatic nitrogens is 2. The number of ether oxygens (including phenoxy) is 1. The van der Waals surface area contributed by atoms with E-state index in [0.29, 0.717) is 22.5 Å². The first-order chi connectivity index (χ1) is 7.78. The molecule has 0 spiro atoms. The van der Waals surface area contributed by atoms with Crippen LogP contribution in [0.5, 0.6) is 10.9 Å². The van der Waals surface area contributed by atoms with Gasteiger partial charge in [0, 0.05) is 11.6 Å². The third kappa shape index (κ3) is 2.91. The molecule has 0 radical (unpaired) electrons. The van der Waals surface area contributed by atoms with E-state index in [1.54, 1.807) is 12.1 Å². The van der Waals surface area contributed by atoms with Crippen LogP contribution in [-0.2, 0) is 6.54 Å². The SMILES string of the molecule is CNCc1nnc(Oc2cccc(Cl)c2)s1. The molecule has 0 amide bonds. The molecule has 0 aliphatic carbocycles. The van der Waals surface area contributed by atoms with Crippen LogP contribution in [0, 0.1) is 0 Å². The molecule has 0 aliphatic heterocycles. The lowest BCUT2D eigenvalue weighted by Crippen LogP contribution is -2.04. The first-order valence-electron chi connectivity index (χ1n) is 4.68. The van der Waals surface area contributed by atoms with Gasteiger partial charge in [-0.25, -0.2) is 0 Å². The van der Waals surface area contributed by atoms with Gasteiger partial charge in [-0.1, -0.05) is 34.1 Å². The Labute approximate surface area is 102 Å². The minimum atomic E-state index is 0.521. The van der Waals surface area contributed by atoms with Crippen molar-refractivity contribution in [2.24, 2.45) is 0 Å². The third-order valence-electron chi connectivity index (χ3n) is 1.78. The fraction of sp³-hybridized carbons (Fsp3) is 0.200. The summed E-state index contributed by atoms with van der Waals surface area (Å²) in [5.41, 5.74) is 0. The van der Waals surface area contributed by atoms with Crippen LogP contribution in [0.3, 0.4) is 0 Å². The molecule has 2 aromatic rings. The molecule has 0 atom stereocenters. The summed E-state index contributed by atoms with van der Waals surface area (Å²) in [7, 11) is 1.86. The number of nitrogens with one attached hydrogen (secondary N) is 1. The first-order valence-corrected chi connectivity index (χ1v) is 5.88. The van der Waals surface area contributed by atoms with Gasteiger partial charge in [-0.2, -0.15) is 0 Å². The van der Waals surface area contributed by atoms with Gasteiger partial charge in [-0.3, -0.25) is 0 Å². The highest BCUT2D eigenvalue weighted by Crippen LogP contribution is 2.26. The number of benzene rings is 1. The number of hydrogen-bond acceptors (Lipinski definition) is 5. The van der Waals surface area contributed by atoms with E-state index < -0.39 is 0 Å². The fourth-order valence-corrected chi connectivity index (χ4v) is 2.03. The van der Waals surface area contributed by atoms with Crippen molar-refractivity contribution in [2.45, 2.75) is 6.54 Å². The molecule has 0 bridgehead atoms. The van der Waals surface area contributed by atoms with Crippen LogP contribution in [0.1, 0.15) is 5.01 Å². The van der Waals surface area contributed by atoms with Gasteiger partial charge in [-0.15, -0.1) is 5.10 Å². The highest BCUT2D eigenvalue weighted by Gasteiger charge is 2.05. The Morgan fingerprint density at radius 2 is 2.31 bits per heavy atom. The first kappa shape index (κ1) is 11.3. The lowest BCUT2D eigenvalue weighted by molar-refractivity contribution is 0.473. The molecule has 1 N–H and O–H groups in total. The van der Waals surface area contributed by atoms with Crippen LogP contribution < -0.4 is 10.1 Å². The summed E-state index contributed by atoms with van der Waals surface area (Å²) < 4.78 is 5.52. The molecule has 4 nitrogen and oxygen atoms in total. The van der Waals surface area contributed by atoms with Crippen molar-refractivity contribution >= 4 is 22.9 Å². The van der Waals surface area contributed by atoms with E-state index in [0.717, 1.165) is 5.01 Å². The fourth-order valence-electron chi connectivity index (χ4n) is 1.13. The van der Waals surface area contributed by atoms with Crippen molar-refractivity contribution in [3.63, 3.8) is 0 Å². The van der Waals surface area contributed by atoms with E-state index in [1.807, 2.05) is 19.2 Å². The van der Waals surface area contributed by atoms with Gasteiger partial charge in [0.05, 0.1) is 0 Å². The Bertz CT molecular complexity index is 475. The van der Waals surface area contributed by atoms with Crippen molar-refractivity contribution in [3.8, 4) is 10.9 Å². The average molecular weight is 256 g/mol. The van der Waals surface area contributed by atoms with Crippen LogP contribution in [0.15, 0.2) is 24.3 Å². The predicted molar refractivity (Wildman–Crippen MR) is 64.2 cm³/mol. The molecule has 1 heterocycles. The van der Waals surface area contributed by atoms with Gasteiger partial charge in [0.15, 0.2) is 0 Å². The Balaban J connectivity index is 2.08. The van der Waals surface area contributed by atoms with E-state index in [-0.39, 0.29) is 0 Å². The number of halogens is 1. The Kier molecular flexibility index (Phi) is 3.71. The van der Waals surface area contributed by atoms with E-state index in [9.17, 15) is 0 Å². The van der Waals surface area contributed by atoms with Crippen molar-refractivity contribution < 1.29 is 4.74 Å². The molecule has 84 valence electrons. The predicted octanol–water partition coefficient (Wildman–Crippen LogP) is 2.70. The van der Waals surface area contributed by atoms with E-state index in [1.165, 1.54) is 11.3 Å². The lowest BCUT2D eigenvalue weighted by atomic mass is 10.3. The zero-order chi connectivity index (χ0) is 11.4. The molecule has 0 saturated heterocycles. The Morgan fingerprint density at radius 1 is 1.44 bits per heavy atom. The van der Waals surface area contributed by atoms with Crippen molar-refractivity contribution in [2.75, 3.05) is 7.05 Å². The molecule has 0 saturated carbocycles. The highest BCUT2D eigenvalue weighted by molar-refractivity contribution is 7.13. The van der Waals surface area contributed by atoms with E-state index >= 15 is 0 Å². The van der Waals surface area contributed by atoms with Gasteiger partial charge in [0.25, 0.3) is 5.19 Å². The maximum atomic E-state index is 5.84. The number of hydrogen-bond donors (Lipinski definition) is 1. The van der Waals surface area contributed by atoms with E-state index in [4.69, 9.17) is 16.3 Å². The average Bonchev–Trinajstić information content (AvgIpc) is 2.66. The quantitative estimate of drug-likeness (QED) is 0.913. The summed E-state index contributed by atoms with van der Waals surface area (Å²) >= 11 is 7.25. The number of rotatable bonds is 4. The summed E-state index contributed by atoms with van der Waals surface area (Å²) in [5.74, 6) is 0.666. The number of nitrogens with zero attached hydrogens (tertiary/aromatic N) is 2. The Morgan fingerprint density at radius 3 is 3.06 bits per heavy atom. The minimum Gasteiger partial charge on any atom is -0.430 e. The van der Waals surface area contributed by atoms with Crippen molar-refractivity contribution in [3.05, 3.63) is 34.3 Å². The second-order valence-corrected chi connectivity index (χ2v) is 4.51. The molecular weight excluding hydrogens is 246 g/mol. The monoisotopic (exact) mass is 255 g/mol. The highest BCUT2D eigenvalue weighted by atomic mass is 35.5. The maximum absolute atomic E-state index is 5.84. The van der Waals surface area contributed by atoms with Gasteiger partial charge in [-0.05, 0) is 25.2 Å². The normalized spacial score (nSPS) is 10.4. The second-order valence-electron chi connectivity index (χ2n) is 3.05. The zero-order valence-corrected chi connectivity index (χ0v) is 10.2. The molecular formula is C10H10ClN3OS. The molecule has 2 rings (SSSR count). The molecule has 0 aliphatic rings. The maximum Gasteiger partial charge on any atom is 0.299 e. The smallest absolute Gasteiger partial charge is 0.299 e. The van der Waals surface area contributed by atoms with Crippen molar-refractivity contribution in [1.82, 2.24) is 15.5 Å². The third-order valence-corrected chi connectivity index (χ3v) is 2.81. The Hall–Kier alpha value is -1.17. The topological polar surface area (TPSA) is 47.0 Å². The van der Waals surface area contributed by atoms with Gasteiger partial charge >= 0.3 is 0 Å². The molecule has 1 aromatic heterocycles. The molecule has 1 aromatic carbocycles. The molecule has 16 heavy (non-hydrogen) atoms. The minimum absolute atomic E-state index is 0.521. The van der Waals surface area contributed by atoms with Crippen LogP contribution in [0.2, 0.25) is 5.02 Å². The summed E-state index contributed by atoms with van der Waals surface area (Å²) in [4.78, 5) is 0. The lowest BCUT2D eigenvalue weighted by Gasteiger charge is -2.00. The largest absolute Gasteiger partial charge is 0.430 e. The second kappa shape index (κ2) is 5.25. The molecule has 0 unspecified atom stereocenters. The van der Waals surface area contributed by atoms with Crippen LogP contribution in [0.25, 0.3) is 0 Å². The molecule has 6 heteroatoms. The standard InChI is InChI=1S/C10H10ClN3OS/c1-12-6-9-13-14-10(16-9)15-8-4-2-3-7(11)5-8/h2-5,12H,6H2,1H3. The zero-order valence-electron chi connectivity index (χ0n) is 8.61. The van der Waals surface area contributed by atoms with E-state index in [2.05, 4.69) is 15.5 Å². The van der Waals surface area contributed by atoms with Gasteiger partial charge in [0.1, 0.15) is 10.8 Å². The van der Waals surface area contributed by atoms with Crippen LogP contribution >= 0.6 is 22.9 Å². The van der Waals surface area contributed by atoms with Gasteiger partial charge < -0.3 is 10.1 Å². The summed E-state index contributed by atoms with van der Waals surface area (Å²) in [6.45, 7) is 0.691. The summed E-state index contributed by atoms with van der Waals surface area (Å²) in [5, 5.41) is 12.9. The summed E-state index contributed by atoms with van der Waals surface area (Å²) in [6.07, 6.45) is 0. The summed E-state index contributed by atoms with van der Waals surface area (Å²) in [6, 6.07) is 7.18.